The summed E-state index contributed by atoms with van der Waals surface area (Å²) < 4.78 is 5.53. The second kappa shape index (κ2) is 7.28. The summed E-state index contributed by atoms with van der Waals surface area (Å²) in [6, 6.07) is 8.08. The highest BCUT2D eigenvalue weighted by Gasteiger charge is 2.25. The first kappa shape index (κ1) is 17.0. The SMILES string of the molecule is CCCN1CCC[C@@H](c2cccc(OC(=O)C(C)(C)C)c2)C1. The van der Waals surface area contributed by atoms with Gasteiger partial charge in [-0.1, -0.05) is 19.1 Å². The van der Waals surface area contributed by atoms with Gasteiger partial charge in [0.1, 0.15) is 5.75 Å². The molecule has 22 heavy (non-hydrogen) atoms. The number of rotatable bonds is 4. The van der Waals surface area contributed by atoms with Gasteiger partial charge >= 0.3 is 5.97 Å². The van der Waals surface area contributed by atoms with Crippen LogP contribution in [0.3, 0.4) is 0 Å². The van der Waals surface area contributed by atoms with Crippen LogP contribution in [0.4, 0.5) is 0 Å². The van der Waals surface area contributed by atoms with Crippen molar-refractivity contribution in [2.24, 2.45) is 5.41 Å². The van der Waals surface area contributed by atoms with E-state index in [9.17, 15) is 4.79 Å². The zero-order valence-corrected chi connectivity index (χ0v) is 14.4. The summed E-state index contributed by atoms with van der Waals surface area (Å²) in [6.45, 7) is 11.4. The third-order valence-electron chi connectivity index (χ3n) is 4.20. The minimum Gasteiger partial charge on any atom is -0.426 e. The summed E-state index contributed by atoms with van der Waals surface area (Å²) in [5.74, 6) is 1.04. The standard InChI is InChI=1S/C19H29NO2/c1-5-11-20-12-7-9-16(14-20)15-8-6-10-17(13-15)22-18(21)19(2,3)4/h6,8,10,13,16H,5,7,9,11-12,14H2,1-4H3/t16-/m1/s1. The van der Waals surface area contributed by atoms with Crippen molar-refractivity contribution in [3.63, 3.8) is 0 Å². The Kier molecular flexibility index (Phi) is 5.63. The number of hydrogen-bond acceptors (Lipinski definition) is 3. The molecule has 3 heteroatoms. The molecule has 1 saturated heterocycles. The lowest BCUT2D eigenvalue weighted by atomic mass is 9.90. The van der Waals surface area contributed by atoms with Crippen molar-refractivity contribution in [1.29, 1.82) is 0 Å². The van der Waals surface area contributed by atoms with E-state index in [1.54, 1.807) is 0 Å². The molecule has 1 aliphatic heterocycles. The van der Waals surface area contributed by atoms with Gasteiger partial charge in [-0.05, 0) is 76.7 Å². The van der Waals surface area contributed by atoms with Crippen molar-refractivity contribution in [2.75, 3.05) is 19.6 Å². The van der Waals surface area contributed by atoms with Gasteiger partial charge in [0.2, 0.25) is 0 Å². The van der Waals surface area contributed by atoms with Crippen LogP contribution in [0.2, 0.25) is 0 Å². The van der Waals surface area contributed by atoms with E-state index in [2.05, 4.69) is 17.9 Å². The van der Waals surface area contributed by atoms with Gasteiger partial charge in [0.05, 0.1) is 5.41 Å². The van der Waals surface area contributed by atoms with Crippen molar-refractivity contribution in [1.82, 2.24) is 4.90 Å². The Hall–Kier alpha value is -1.35. The number of piperidine rings is 1. The molecule has 1 fully saturated rings. The summed E-state index contributed by atoms with van der Waals surface area (Å²) in [5.41, 5.74) is 0.818. The van der Waals surface area contributed by atoms with Crippen LogP contribution in [0, 0.1) is 5.41 Å². The highest BCUT2D eigenvalue weighted by Crippen LogP contribution is 2.30. The number of carbonyl (C=O) groups is 1. The van der Waals surface area contributed by atoms with Gasteiger partial charge in [-0.25, -0.2) is 0 Å². The summed E-state index contributed by atoms with van der Waals surface area (Å²) in [5, 5.41) is 0. The Morgan fingerprint density at radius 2 is 2.14 bits per heavy atom. The lowest BCUT2D eigenvalue weighted by Gasteiger charge is -2.32. The Labute approximate surface area is 134 Å². The molecule has 0 saturated carbocycles. The van der Waals surface area contributed by atoms with Crippen molar-refractivity contribution < 1.29 is 9.53 Å². The molecule has 122 valence electrons. The average Bonchev–Trinajstić information content (AvgIpc) is 2.47. The fourth-order valence-electron chi connectivity index (χ4n) is 2.94. The first-order valence-electron chi connectivity index (χ1n) is 8.44. The second-order valence-corrected chi connectivity index (χ2v) is 7.35. The van der Waals surface area contributed by atoms with Crippen LogP contribution in [-0.2, 0) is 4.79 Å². The van der Waals surface area contributed by atoms with Crippen LogP contribution in [0.25, 0.3) is 0 Å². The van der Waals surface area contributed by atoms with E-state index in [-0.39, 0.29) is 5.97 Å². The van der Waals surface area contributed by atoms with Crippen molar-refractivity contribution >= 4 is 5.97 Å². The van der Waals surface area contributed by atoms with Crippen LogP contribution in [0.1, 0.15) is 58.4 Å². The van der Waals surface area contributed by atoms with Gasteiger partial charge in [0, 0.05) is 6.54 Å². The van der Waals surface area contributed by atoms with Crippen LogP contribution >= 0.6 is 0 Å². The van der Waals surface area contributed by atoms with Crippen molar-refractivity contribution in [2.45, 2.75) is 52.9 Å². The fraction of sp³-hybridized carbons (Fsp3) is 0.632. The van der Waals surface area contributed by atoms with Crippen LogP contribution < -0.4 is 4.74 Å². The lowest BCUT2D eigenvalue weighted by molar-refractivity contribution is -0.143. The number of likely N-dealkylation sites (tertiary alicyclic amines) is 1. The largest absolute Gasteiger partial charge is 0.426 e. The number of ether oxygens (including phenoxy) is 1. The Morgan fingerprint density at radius 3 is 2.82 bits per heavy atom. The summed E-state index contributed by atoms with van der Waals surface area (Å²) >= 11 is 0. The van der Waals surface area contributed by atoms with E-state index in [1.165, 1.54) is 37.9 Å². The topological polar surface area (TPSA) is 29.5 Å². The van der Waals surface area contributed by atoms with Crippen LogP contribution in [0.15, 0.2) is 24.3 Å². The van der Waals surface area contributed by atoms with Gasteiger partial charge in [0.25, 0.3) is 0 Å². The van der Waals surface area contributed by atoms with Gasteiger partial charge in [-0.3, -0.25) is 4.79 Å². The van der Waals surface area contributed by atoms with E-state index in [0.29, 0.717) is 11.7 Å². The third-order valence-corrected chi connectivity index (χ3v) is 4.20. The van der Waals surface area contributed by atoms with E-state index >= 15 is 0 Å². The Morgan fingerprint density at radius 1 is 1.36 bits per heavy atom. The molecule has 0 N–H and O–H groups in total. The van der Waals surface area contributed by atoms with Gasteiger partial charge in [0.15, 0.2) is 0 Å². The first-order valence-corrected chi connectivity index (χ1v) is 8.44. The molecule has 1 aromatic carbocycles. The quantitative estimate of drug-likeness (QED) is 0.616. The Bertz CT molecular complexity index is 502. The molecule has 3 nitrogen and oxygen atoms in total. The number of nitrogens with zero attached hydrogens (tertiary/aromatic N) is 1. The summed E-state index contributed by atoms with van der Waals surface area (Å²) in [4.78, 5) is 14.6. The monoisotopic (exact) mass is 303 g/mol. The molecule has 1 aromatic rings. The highest BCUT2D eigenvalue weighted by molar-refractivity contribution is 5.77. The molecule has 0 amide bonds. The van der Waals surface area contributed by atoms with Gasteiger partial charge in [-0.2, -0.15) is 0 Å². The molecule has 0 bridgehead atoms. The molecular formula is C19H29NO2. The maximum atomic E-state index is 12.0. The third kappa shape index (κ3) is 4.57. The first-order chi connectivity index (χ1) is 10.4. The molecular weight excluding hydrogens is 274 g/mol. The highest BCUT2D eigenvalue weighted by atomic mass is 16.5. The predicted octanol–water partition coefficient (Wildman–Crippen LogP) is 4.23. The molecule has 2 rings (SSSR count). The average molecular weight is 303 g/mol. The van der Waals surface area contributed by atoms with Crippen molar-refractivity contribution in [3.8, 4) is 5.75 Å². The zero-order chi connectivity index (χ0) is 16.2. The minimum atomic E-state index is -0.473. The maximum Gasteiger partial charge on any atom is 0.316 e. The van der Waals surface area contributed by atoms with Gasteiger partial charge in [-0.15, -0.1) is 0 Å². The molecule has 0 spiro atoms. The van der Waals surface area contributed by atoms with Crippen LogP contribution in [-0.4, -0.2) is 30.5 Å². The summed E-state index contributed by atoms with van der Waals surface area (Å²) in [7, 11) is 0. The number of carbonyl (C=O) groups excluding carboxylic acids is 1. The van der Waals surface area contributed by atoms with Crippen molar-refractivity contribution in [3.05, 3.63) is 29.8 Å². The minimum absolute atomic E-state index is 0.180. The van der Waals surface area contributed by atoms with E-state index in [0.717, 1.165) is 6.54 Å². The number of hydrogen-bond donors (Lipinski definition) is 0. The van der Waals surface area contributed by atoms with E-state index < -0.39 is 5.41 Å². The van der Waals surface area contributed by atoms with E-state index in [4.69, 9.17) is 4.74 Å². The number of benzene rings is 1. The number of esters is 1. The lowest BCUT2D eigenvalue weighted by Crippen LogP contribution is -2.34. The van der Waals surface area contributed by atoms with E-state index in [1.807, 2.05) is 39.0 Å². The smallest absolute Gasteiger partial charge is 0.316 e. The Balaban J connectivity index is 2.06. The molecule has 0 aromatic heterocycles. The molecule has 0 aliphatic carbocycles. The predicted molar refractivity (Wildman–Crippen MR) is 90.2 cm³/mol. The normalized spacial score (nSPS) is 19.9. The zero-order valence-electron chi connectivity index (χ0n) is 14.4. The molecule has 0 unspecified atom stereocenters. The van der Waals surface area contributed by atoms with Gasteiger partial charge < -0.3 is 9.64 Å². The second-order valence-electron chi connectivity index (χ2n) is 7.35. The fourth-order valence-corrected chi connectivity index (χ4v) is 2.94. The molecule has 1 heterocycles. The maximum absolute atomic E-state index is 12.0. The summed E-state index contributed by atoms with van der Waals surface area (Å²) in [6.07, 6.45) is 3.67. The van der Waals surface area contributed by atoms with Crippen LogP contribution in [0.5, 0.6) is 5.75 Å². The molecule has 1 atom stereocenters. The molecule has 1 aliphatic rings. The molecule has 0 radical (unpaired) electrons.